The SMILES string of the molecule is CN(C)C(=O)COCCCOCC(=O)N(C)C. The molecule has 2 amide bonds. The Morgan fingerprint density at radius 3 is 1.47 bits per heavy atom. The third-order valence-corrected chi connectivity index (χ3v) is 2.03. The van der Waals surface area contributed by atoms with Gasteiger partial charge in [-0.25, -0.2) is 0 Å². The molecule has 0 saturated carbocycles. The van der Waals surface area contributed by atoms with E-state index in [2.05, 4.69) is 0 Å². The summed E-state index contributed by atoms with van der Waals surface area (Å²) in [5.74, 6) is -0.123. The molecule has 0 atom stereocenters. The highest BCUT2D eigenvalue weighted by Gasteiger charge is 2.04. The van der Waals surface area contributed by atoms with Gasteiger partial charge in [-0.1, -0.05) is 0 Å². The van der Waals surface area contributed by atoms with E-state index in [1.165, 1.54) is 9.80 Å². The van der Waals surface area contributed by atoms with Crippen molar-refractivity contribution >= 4 is 11.8 Å². The molecule has 17 heavy (non-hydrogen) atoms. The topological polar surface area (TPSA) is 59.1 Å². The van der Waals surface area contributed by atoms with E-state index in [4.69, 9.17) is 9.47 Å². The Kier molecular flexibility index (Phi) is 8.35. The lowest BCUT2D eigenvalue weighted by Gasteiger charge is -2.11. The molecule has 0 heterocycles. The summed E-state index contributed by atoms with van der Waals surface area (Å²) in [6.07, 6.45) is 0.668. The summed E-state index contributed by atoms with van der Waals surface area (Å²) in [5.41, 5.74) is 0. The molecule has 0 bridgehead atoms. The fourth-order valence-corrected chi connectivity index (χ4v) is 0.840. The van der Waals surface area contributed by atoms with Crippen LogP contribution in [0.15, 0.2) is 0 Å². The molecule has 0 radical (unpaired) electrons. The largest absolute Gasteiger partial charge is 0.372 e. The molecule has 0 fully saturated rings. The number of likely N-dealkylation sites (N-methyl/N-ethyl adjacent to an activating group) is 2. The van der Waals surface area contributed by atoms with Crippen LogP contribution in [0.4, 0.5) is 0 Å². The zero-order valence-electron chi connectivity index (χ0n) is 11.1. The van der Waals surface area contributed by atoms with Crippen LogP contribution in [0, 0.1) is 0 Å². The Labute approximate surface area is 102 Å². The fraction of sp³-hybridized carbons (Fsp3) is 0.818. The van der Waals surface area contributed by atoms with Gasteiger partial charge in [0.25, 0.3) is 0 Å². The van der Waals surface area contributed by atoms with Crippen LogP contribution in [-0.2, 0) is 19.1 Å². The Morgan fingerprint density at radius 2 is 1.18 bits per heavy atom. The third kappa shape index (κ3) is 8.65. The molecule has 100 valence electrons. The first-order valence-corrected chi connectivity index (χ1v) is 5.51. The van der Waals surface area contributed by atoms with Crippen LogP contribution in [0.2, 0.25) is 0 Å². The minimum absolute atomic E-state index is 0.0614. The van der Waals surface area contributed by atoms with Crippen molar-refractivity contribution in [3.63, 3.8) is 0 Å². The van der Waals surface area contributed by atoms with Crippen molar-refractivity contribution in [3.05, 3.63) is 0 Å². The second kappa shape index (κ2) is 8.95. The number of rotatable bonds is 8. The van der Waals surface area contributed by atoms with Gasteiger partial charge in [0.2, 0.25) is 11.8 Å². The molecule has 0 aromatic rings. The van der Waals surface area contributed by atoms with Gasteiger partial charge >= 0.3 is 0 Å². The lowest BCUT2D eigenvalue weighted by molar-refractivity contribution is -0.134. The summed E-state index contributed by atoms with van der Waals surface area (Å²) >= 11 is 0. The second-order valence-corrected chi connectivity index (χ2v) is 4.04. The number of hydrogen-bond acceptors (Lipinski definition) is 4. The average Bonchev–Trinajstić information content (AvgIpc) is 2.26. The molecule has 0 rings (SSSR count). The Morgan fingerprint density at radius 1 is 0.824 bits per heavy atom. The molecular weight excluding hydrogens is 224 g/mol. The molecule has 0 aromatic heterocycles. The average molecular weight is 246 g/mol. The number of carbonyl (C=O) groups is 2. The van der Waals surface area contributed by atoms with E-state index in [1.807, 2.05) is 0 Å². The van der Waals surface area contributed by atoms with Crippen molar-refractivity contribution in [2.75, 3.05) is 54.6 Å². The first-order chi connectivity index (χ1) is 7.95. The molecule has 0 unspecified atom stereocenters. The lowest BCUT2D eigenvalue weighted by atomic mass is 10.5. The second-order valence-electron chi connectivity index (χ2n) is 4.04. The highest BCUT2D eigenvalue weighted by Crippen LogP contribution is 1.89. The molecule has 0 aliphatic carbocycles. The molecule has 0 spiro atoms. The zero-order valence-corrected chi connectivity index (χ0v) is 11.1. The van der Waals surface area contributed by atoms with Crippen LogP contribution in [0.25, 0.3) is 0 Å². The Balaban J connectivity index is 3.30. The van der Waals surface area contributed by atoms with Crippen LogP contribution >= 0.6 is 0 Å². The van der Waals surface area contributed by atoms with E-state index in [0.717, 1.165) is 0 Å². The predicted molar refractivity (Wildman–Crippen MR) is 63.6 cm³/mol. The zero-order chi connectivity index (χ0) is 13.3. The molecule has 6 nitrogen and oxygen atoms in total. The third-order valence-electron chi connectivity index (χ3n) is 2.03. The quantitative estimate of drug-likeness (QED) is 0.546. The minimum Gasteiger partial charge on any atom is -0.372 e. The number of amides is 2. The van der Waals surface area contributed by atoms with Crippen molar-refractivity contribution in [1.82, 2.24) is 9.80 Å². The standard InChI is InChI=1S/C11H22N2O4/c1-12(2)10(14)8-16-6-5-7-17-9-11(15)13(3)4/h5-9H2,1-4H3. The first-order valence-electron chi connectivity index (χ1n) is 5.51. The van der Waals surface area contributed by atoms with E-state index in [-0.39, 0.29) is 25.0 Å². The summed E-state index contributed by atoms with van der Waals surface area (Å²) < 4.78 is 10.3. The monoisotopic (exact) mass is 246 g/mol. The van der Waals surface area contributed by atoms with Gasteiger partial charge < -0.3 is 19.3 Å². The van der Waals surface area contributed by atoms with Crippen molar-refractivity contribution in [1.29, 1.82) is 0 Å². The minimum atomic E-state index is -0.0614. The van der Waals surface area contributed by atoms with Crippen molar-refractivity contribution in [2.24, 2.45) is 0 Å². The Hall–Kier alpha value is -1.14. The first kappa shape index (κ1) is 15.9. The number of hydrogen-bond donors (Lipinski definition) is 0. The lowest BCUT2D eigenvalue weighted by Crippen LogP contribution is -2.27. The van der Waals surface area contributed by atoms with Crippen molar-refractivity contribution in [2.45, 2.75) is 6.42 Å². The van der Waals surface area contributed by atoms with Gasteiger partial charge in [0.05, 0.1) is 0 Å². The number of nitrogens with zero attached hydrogens (tertiary/aromatic N) is 2. The summed E-state index contributed by atoms with van der Waals surface area (Å²) in [6.45, 7) is 1.08. The van der Waals surface area contributed by atoms with Crippen molar-refractivity contribution in [3.8, 4) is 0 Å². The van der Waals surface area contributed by atoms with Gasteiger partial charge in [-0.3, -0.25) is 9.59 Å². The summed E-state index contributed by atoms with van der Waals surface area (Å²) in [5, 5.41) is 0. The van der Waals surface area contributed by atoms with Gasteiger partial charge in [0.1, 0.15) is 13.2 Å². The summed E-state index contributed by atoms with van der Waals surface area (Å²) in [4.78, 5) is 25.2. The molecule has 0 aliphatic heterocycles. The van der Waals surface area contributed by atoms with Crippen LogP contribution in [0.3, 0.4) is 0 Å². The van der Waals surface area contributed by atoms with Crippen molar-refractivity contribution < 1.29 is 19.1 Å². The smallest absolute Gasteiger partial charge is 0.248 e. The van der Waals surface area contributed by atoms with Gasteiger partial charge in [0.15, 0.2) is 0 Å². The van der Waals surface area contributed by atoms with E-state index >= 15 is 0 Å². The summed E-state index contributed by atoms with van der Waals surface area (Å²) in [7, 11) is 6.73. The summed E-state index contributed by atoms with van der Waals surface area (Å²) in [6, 6.07) is 0. The fourth-order valence-electron chi connectivity index (χ4n) is 0.840. The maximum absolute atomic E-state index is 11.1. The van der Waals surface area contributed by atoms with E-state index < -0.39 is 0 Å². The van der Waals surface area contributed by atoms with Gasteiger partial charge in [-0.2, -0.15) is 0 Å². The van der Waals surface area contributed by atoms with Crippen LogP contribution in [0.5, 0.6) is 0 Å². The normalized spacial score (nSPS) is 10.1. The van der Waals surface area contributed by atoms with Gasteiger partial charge in [-0.05, 0) is 6.42 Å². The molecule has 0 saturated heterocycles. The molecule has 0 N–H and O–H groups in total. The molecule has 0 aliphatic rings. The Bertz CT molecular complexity index is 218. The van der Waals surface area contributed by atoms with Gasteiger partial charge in [0, 0.05) is 41.4 Å². The van der Waals surface area contributed by atoms with E-state index in [1.54, 1.807) is 28.2 Å². The van der Waals surface area contributed by atoms with E-state index in [9.17, 15) is 9.59 Å². The van der Waals surface area contributed by atoms with Crippen LogP contribution in [0.1, 0.15) is 6.42 Å². The number of ether oxygens (including phenoxy) is 2. The van der Waals surface area contributed by atoms with Crippen LogP contribution < -0.4 is 0 Å². The highest BCUT2D eigenvalue weighted by atomic mass is 16.5. The maximum atomic E-state index is 11.1. The highest BCUT2D eigenvalue weighted by molar-refractivity contribution is 5.77. The van der Waals surface area contributed by atoms with Gasteiger partial charge in [-0.15, -0.1) is 0 Å². The molecule has 0 aromatic carbocycles. The van der Waals surface area contributed by atoms with Crippen LogP contribution in [-0.4, -0.2) is 76.2 Å². The molecular formula is C11H22N2O4. The predicted octanol–water partition coefficient (Wildman–Crippen LogP) is -0.414. The van der Waals surface area contributed by atoms with E-state index in [0.29, 0.717) is 19.6 Å². The molecule has 6 heteroatoms. The number of carbonyl (C=O) groups excluding carboxylic acids is 2. The maximum Gasteiger partial charge on any atom is 0.248 e.